The van der Waals surface area contributed by atoms with Gasteiger partial charge in [0.2, 0.25) is 5.91 Å². The second-order valence-corrected chi connectivity index (χ2v) is 7.30. The smallest absolute Gasteiger partial charge is 0.264 e. The van der Waals surface area contributed by atoms with Crippen LogP contribution in [0.2, 0.25) is 0 Å². The maximum absolute atomic E-state index is 12.8. The quantitative estimate of drug-likeness (QED) is 0.916. The minimum Gasteiger partial charge on any atom is -0.326 e. The third-order valence-electron chi connectivity index (χ3n) is 4.29. The Kier molecular flexibility index (Phi) is 5.00. The minimum absolute atomic E-state index is 0.0368. The van der Waals surface area contributed by atoms with Gasteiger partial charge >= 0.3 is 0 Å². The van der Waals surface area contributed by atoms with Crippen LogP contribution in [0.4, 0.5) is 5.69 Å². The number of carbonyl (C=O) groups is 2. The molecule has 4 nitrogen and oxygen atoms in total. The molecule has 1 aliphatic rings. The SMILES string of the molecule is Cc1cc(C)cc(NC(=O)C2CCCCN2C(=O)c2cccs2)c1. The van der Waals surface area contributed by atoms with Gasteiger partial charge in [0.05, 0.1) is 4.88 Å². The Labute approximate surface area is 146 Å². The lowest BCUT2D eigenvalue weighted by Crippen LogP contribution is -2.49. The Morgan fingerprint density at radius 3 is 2.58 bits per heavy atom. The van der Waals surface area contributed by atoms with Crippen molar-refractivity contribution in [1.29, 1.82) is 0 Å². The van der Waals surface area contributed by atoms with Gasteiger partial charge in [-0.3, -0.25) is 9.59 Å². The molecule has 0 aliphatic carbocycles. The summed E-state index contributed by atoms with van der Waals surface area (Å²) in [5, 5.41) is 4.88. The van der Waals surface area contributed by atoms with E-state index in [4.69, 9.17) is 0 Å². The third kappa shape index (κ3) is 3.67. The number of piperidine rings is 1. The van der Waals surface area contributed by atoms with Crippen molar-refractivity contribution in [2.45, 2.75) is 39.2 Å². The predicted octanol–water partition coefficient (Wildman–Crippen LogP) is 4.00. The van der Waals surface area contributed by atoms with Crippen LogP contribution in [-0.4, -0.2) is 29.3 Å². The summed E-state index contributed by atoms with van der Waals surface area (Å²) in [5.74, 6) is -0.130. The molecular weight excluding hydrogens is 320 g/mol. The molecule has 2 aromatic rings. The summed E-state index contributed by atoms with van der Waals surface area (Å²) >= 11 is 1.42. The molecule has 1 unspecified atom stereocenters. The summed E-state index contributed by atoms with van der Waals surface area (Å²) in [4.78, 5) is 27.9. The number of nitrogens with one attached hydrogen (secondary N) is 1. The van der Waals surface area contributed by atoms with Crippen LogP contribution >= 0.6 is 11.3 Å². The lowest BCUT2D eigenvalue weighted by atomic mass is 10.0. The van der Waals surface area contributed by atoms with Gasteiger partial charge in [-0.25, -0.2) is 0 Å². The van der Waals surface area contributed by atoms with E-state index in [1.165, 1.54) is 11.3 Å². The van der Waals surface area contributed by atoms with Crippen LogP contribution < -0.4 is 5.32 Å². The molecule has 1 aliphatic heterocycles. The van der Waals surface area contributed by atoms with Crippen LogP contribution in [0.25, 0.3) is 0 Å². The summed E-state index contributed by atoms with van der Waals surface area (Å²) < 4.78 is 0. The fourth-order valence-electron chi connectivity index (χ4n) is 3.26. The molecule has 0 bridgehead atoms. The van der Waals surface area contributed by atoms with E-state index < -0.39 is 6.04 Å². The third-order valence-corrected chi connectivity index (χ3v) is 5.15. The van der Waals surface area contributed by atoms with E-state index in [-0.39, 0.29) is 11.8 Å². The largest absolute Gasteiger partial charge is 0.326 e. The fraction of sp³-hybridized carbons (Fsp3) is 0.368. The molecule has 1 fully saturated rings. The van der Waals surface area contributed by atoms with E-state index in [9.17, 15) is 9.59 Å². The average molecular weight is 342 g/mol. The fourth-order valence-corrected chi connectivity index (χ4v) is 3.94. The first-order valence-electron chi connectivity index (χ1n) is 8.28. The molecule has 0 radical (unpaired) electrons. The molecule has 1 saturated heterocycles. The van der Waals surface area contributed by atoms with Crippen molar-refractivity contribution in [3.8, 4) is 0 Å². The lowest BCUT2D eigenvalue weighted by Gasteiger charge is -2.34. The summed E-state index contributed by atoms with van der Waals surface area (Å²) in [7, 11) is 0. The number of likely N-dealkylation sites (tertiary alicyclic amines) is 1. The maximum atomic E-state index is 12.8. The second kappa shape index (κ2) is 7.18. The summed E-state index contributed by atoms with van der Waals surface area (Å²) in [6.07, 6.45) is 2.64. The number of aryl methyl sites for hydroxylation is 2. The van der Waals surface area contributed by atoms with Crippen LogP contribution in [0.15, 0.2) is 35.7 Å². The van der Waals surface area contributed by atoms with Crippen LogP contribution in [0, 0.1) is 13.8 Å². The van der Waals surface area contributed by atoms with Gasteiger partial charge in [0.1, 0.15) is 6.04 Å². The molecule has 1 aromatic heterocycles. The zero-order chi connectivity index (χ0) is 17.1. The number of hydrogen-bond donors (Lipinski definition) is 1. The highest BCUT2D eigenvalue weighted by Crippen LogP contribution is 2.23. The van der Waals surface area contributed by atoms with Gasteiger partial charge in [-0.1, -0.05) is 12.1 Å². The van der Waals surface area contributed by atoms with E-state index in [0.29, 0.717) is 17.8 Å². The molecule has 1 N–H and O–H groups in total. The number of benzene rings is 1. The van der Waals surface area contributed by atoms with Gasteiger partial charge < -0.3 is 10.2 Å². The molecular formula is C19H22N2O2S. The van der Waals surface area contributed by atoms with Crippen molar-refractivity contribution in [1.82, 2.24) is 4.90 Å². The Bertz CT molecular complexity index is 720. The zero-order valence-electron chi connectivity index (χ0n) is 14.0. The molecule has 0 saturated carbocycles. The number of amides is 2. The van der Waals surface area contributed by atoms with Gasteiger partial charge in [-0.05, 0) is 67.8 Å². The van der Waals surface area contributed by atoms with E-state index in [1.54, 1.807) is 4.90 Å². The van der Waals surface area contributed by atoms with Crippen molar-refractivity contribution in [3.63, 3.8) is 0 Å². The minimum atomic E-state index is -0.394. The van der Waals surface area contributed by atoms with E-state index >= 15 is 0 Å². The highest BCUT2D eigenvalue weighted by molar-refractivity contribution is 7.12. The van der Waals surface area contributed by atoms with Crippen molar-refractivity contribution in [2.24, 2.45) is 0 Å². The monoisotopic (exact) mass is 342 g/mol. The second-order valence-electron chi connectivity index (χ2n) is 6.35. The van der Waals surface area contributed by atoms with Crippen LogP contribution in [-0.2, 0) is 4.79 Å². The van der Waals surface area contributed by atoms with E-state index in [2.05, 4.69) is 11.4 Å². The molecule has 0 spiro atoms. The topological polar surface area (TPSA) is 49.4 Å². The molecule has 1 atom stereocenters. The van der Waals surface area contributed by atoms with Gasteiger partial charge in [0, 0.05) is 12.2 Å². The standard InChI is InChI=1S/C19H22N2O2S/c1-13-10-14(2)12-15(11-13)20-18(22)16-6-3-4-8-21(16)19(23)17-7-5-9-24-17/h5,7,9-12,16H,3-4,6,8H2,1-2H3,(H,20,22). The number of carbonyl (C=O) groups excluding carboxylic acids is 2. The lowest BCUT2D eigenvalue weighted by molar-refractivity contribution is -0.121. The Hall–Kier alpha value is -2.14. The molecule has 5 heteroatoms. The molecule has 126 valence electrons. The molecule has 3 rings (SSSR count). The number of thiophene rings is 1. The van der Waals surface area contributed by atoms with Crippen LogP contribution in [0.5, 0.6) is 0 Å². The number of nitrogens with zero attached hydrogens (tertiary/aromatic N) is 1. The first-order chi connectivity index (χ1) is 11.5. The van der Waals surface area contributed by atoms with Crippen molar-refractivity contribution < 1.29 is 9.59 Å². The molecule has 1 aromatic carbocycles. The number of anilines is 1. The molecule has 24 heavy (non-hydrogen) atoms. The summed E-state index contributed by atoms with van der Waals surface area (Å²) in [6.45, 7) is 4.66. The number of hydrogen-bond acceptors (Lipinski definition) is 3. The first-order valence-corrected chi connectivity index (χ1v) is 9.16. The number of rotatable bonds is 3. The summed E-state index contributed by atoms with van der Waals surface area (Å²) in [6, 6.07) is 9.28. The first kappa shape index (κ1) is 16.7. The van der Waals surface area contributed by atoms with Crippen LogP contribution in [0.1, 0.15) is 40.1 Å². The molecule has 2 heterocycles. The highest BCUT2D eigenvalue weighted by atomic mass is 32.1. The highest BCUT2D eigenvalue weighted by Gasteiger charge is 2.33. The van der Waals surface area contributed by atoms with Gasteiger partial charge in [0.15, 0.2) is 0 Å². The Balaban J connectivity index is 1.77. The van der Waals surface area contributed by atoms with Crippen molar-refractivity contribution in [3.05, 3.63) is 51.7 Å². The zero-order valence-corrected chi connectivity index (χ0v) is 14.9. The molecule has 2 amide bonds. The maximum Gasteiger partial charge on any atom is 0.264 e. The summed E-state index contributed by atoms with van der Waals surface area (Å²) in [5.41, 5.74) is 3.02. The Morgan fingerprint density at radius 1 is 1.17 bits per heavy atom. The van der Waals surface area contributed by atoms with Gasteiger partial charge in [-0.15, -0.1) is 11.3 Å². The van der Waals surface area contributed by atoms with Gasteiger partial charge in [0.25, 0.3) is 5.91 Å². The van der Waals surface area contributed by atoms with Gasteiger partial charge in [-0.2, -0.15) is 0 Å². The van der Waals surface area contributed by atoms with Crippen LogP contribution in [0.3, 0.4) is 0 Å². The predicted molar refractivity (Wildman–Crippen MR) is 97.5 cm³/mol. The Morgan fingerprint density at radius 2 is 1.92 bits per heavy atom. The normalized spacial score (nSPS) is 17.6. The van der Waals surface area contributed by atoms with E-state index in [1.807, 2.05) is 43.5 Å². The van der Waals surface area contributed by atoms with Crippen molar-refractivity contribution in [2.75, 3.05) is 11.9 Å². The van der Waals surface area contributed by atoms with Crippen molar-refractivity contribution >= 4 is 28.8 Å². The average Bonchev–Trinajstić information content (AvgIpc) is 3.07. The van der Waals surface area contributed by atoms with E-state index in [0.717, 1.165) is 29.7 Å².